The predicted molar refractivity (Wildman–Crippen MR) is 71.6 cm³/mol. The Morgan fingerprint density at radius 3 is 2.61 bits per heavy atom. The van der Waals surface area contributed by atoms with Crippen molar-refractivity contribution in [1.29, 1.82) is 0 Å². The zero-order chi connectivity index (χ0) is 13.1. The summed E-state index contributed by atoms with van der Waals surface area (Å²) < 4.78 is 1.67. The van der Waals surface area contributed by atoms with Crippen molar-refractivity contribution >= 4 is 17.2 Å². The molecule has 0 saturated carbocycles. The van der Waals surface area contributed by atoms with Crippen molar-refractivity contribution in [2.45, 2.75) is 26.7 Å². The number of thiocarbonyl (C=S) groups is 1. The lowest BCUT2D eigenvalue weighted by molar-refractivity contribution is 0.762. The van der Waals surface area contributed by atoms with Crippen molar-refractivity contribution in [3.8, 4) is 5.82 Å². The zero-order valence-electron chi connectivity index (χ0n) is 10.3. The van der Waals surface area contributed by atoms with Crippen LogP contribution in [0.25, 0.3) is 5.82 Å². The van der Waals surface area contributed by atoms with Crippen molar-refractivity contribution in [1.82, 2.24) is 24.7 Å². The molecule has 0 saturated heterocycles. The quantitative estimate of drug-likeness (QED) is 0.821. The Balaban J connectivity index is 2.61. The first-order valence-corrected chi connectivity index (χ1v) is 6.14. The van der Waals surface area contributed by atoms with E-state index < -0.39 is 0 Å². The number of nitrogens with zero attached hydrogens (tertiary/aromatic N) is 5. The van der Waals surface area contributed by atoms with Gasteiger partial charge >= 0.3 is 0 Å². The van der Waals surface area contributed by atoms with E-state index in [-0.39, 0.29) is 4.99 Å². The third-order valence-corrected chi connectivity index (χ3v) is 2.66. The third-order valence-electron chi connectivity index (χ3n) is 2.46. The Bertz CT molecular complexity index is 577. The molecule has 2 rings (SSSR count). The number of aromatic nitrogens is 5. The highest BCUT2D eigenvalue weighted by molar-refractivity contribution is 7.80. The predicted octanol–water partition coefficient (Wildman–Crippen LogP) is 0.816. The molecule has 0 aliphatic heterocycles. The molecule has 0 fully saturated rings. The fourth-order valence-corrected chi connectivity index (χ4v) is 1.74. The van der Waals surface area contributed by atoms with E-state index in [1.807, 2.05) is 13.8 Å². The summed E-state index contributed by atoms with van der Waals surface area (Å²) in [4.78, 5) is 13.0. The number of aryl methyl sites for hydroxylation is 2. The maximum atomic E-state index is 5.65. The topological polar surface area (TPSA) is 82.5 Å². The van der Waals surface area contributed by atoms with Gasteiger partial charge in [-0.3, -0.25) is 0 Å². The van der Waals surface area contributed by atoms with Gasteiger partial charge in [-0.05, 0) is 0 Å². The highest BCUT2D eigenvalue weighted by Crippen LogP contribution is 2.11. The van der Waals surface area contributed by atoms with E-state index in [9.17, 15) is 0 Å². The molecule has 18 heavy (non-hydrogen) atoms. The highest BCUT2D eigenvalue weighted by atomic mass is 32.1. The van der Waals surface area contributed by atoms with Crippen LogP contribution in [0, 0.1) is 0 Å². The summed E-state index contributed by atoms with van der Waals surface area (Å²) in [5, 5.41) is 4.40. The molecule has 0 unspecified atom stereocenters. The molecule has 0 amide bonds. The first-order valence-electron chi connectivity index (χ1n) is 5.73. The Morgan fingerprint density at radius 2 is 2.00 bits per heavy atom. The Labute approximate surface area is 110 Å². The number of hydrogen-bond acceptors (Lipinski definition) is 5. The van der Waals surface area contributed by atoms with Crippen LogP contribution in [0.3, 0.4) is 0 Å². The van der Waals surface area contributed by atoms with Gasteiger partial charge in [0, 0.05) is 25.2 Å². The minimum absolute atomic E-state index is 0.203. The summed E-state index contributed by atoms with van der Waals surface area (Å²) in [5.41, 5.74) is 6.12. The lowest BCUT2D eigenvalue weighted by Gasteiger charge is -2.07. The van der Waals surface area contributed by atoms with Crippen LogP contribution in [0.2, 0.25) is 0 Å². The normalized spacial score (nSPS) is 10.6. The summed E-state index contributed by atoms with van der Waals surface area (Å²) in [7, 11) is 0. The molecule has 0 atom stereocenters. The summed E-state index contributed by atoms with van der Waals surface area (Å²) >= 11 is 4.98. The lowest BCUT2D eigenvalue weighted by atomic mass is 10.4. The second-order valence-corrected chi connectivity index (χ2v) is 4.10. The molecule has 6 nitrogen and oxygen atoms in total. The molecule has 0 radical (unpaired) electrons. The van der Waals surface area contributed by atoms with Crippen molar-refractivity contribution in [3.05, 3.63) is 29.7 Å². The van der Waals surface area contributed by atoms with E-state index in [0.717, 1.165) is 24.5 Å². The van der Waals surface area contributed by atoms with Gasteiger partial charge in [0.1, 0.15) is 16.5 Å². The largest absolute Gasteiger partial charge is 0.388 e. The molecule has 2 aromatic heterocycles. The van der Waals surface area contributed by atoms with Crippen LogP contribution < -0.4 is 5.73 Å². The number of rotatable bonds is 4. The van der Waals surface area contributed by atoms with Crippen LogP contribution in [0.4, 0.5) is 0 Å². The molecule has 2 aromatic rings. The third kappa shape index (κ3) is 2.21. The molecular weight excluding hydrogens is 248 g/mol. The van der Waals surface area contributed by atoms with Crippen molar-refractivity contribution in [3.63, 3.8) is 0 Å². The van der Waals surface area contributed by atoms with Gasteiger partial charge in [0.2, 0.25) is 0 Å². The zero-order valence-corrected chi connectivity index (χ0v) is 11.1. The molecule has 0 aliphatic carbocycles. The summed E-state index contributed by atoms with van der Waals surface area (Å²) in [6, 6.07) is 0. The van der Waals surface area contributed by atoms with Crippen LogP contribution in [0.5, 0.6) is 0 Å². The summed E-state index contributed by atoms with van der Waals surface area (Å²) in [5.74, 6) is 2.13. The lowest BCUT2D eigenvalue weighted by Crippen LogP contribution is -2.18. The van der Waals surface area contributed by atoms with Gasteiger partial charge in [-0.2, -0.15) is 4.68 Å². The maximum absolute atomic E-state index is 5.65. The smallest absolute Gasteiger partial charge is 0.184 e. The SMILES string of the molecule is CCc1nc(CC)n(-c2nccnc2C(N)=S)n1. The van der Waals surface area contributed by atoms with E-state index in [1.165, 1.54) is 0 Å². The first kappa shape index (κ1) is 12.6. The Kier molecular flexibility index (Phi) is 3.61. The van der Waals surface area contributed by atoms with Gasteiger partial charge < -0.3 is 5.73 Å². The molecule has 0 aromatic carbocycles. The van der Waals surface area contributed by atoms with Crippen LogP contribution in [0.15, 0.2) is 12.4 Å². The maximum Gasteiger partial charge on any atom is 0.184 e. The van der Waals surface area contributed by atoms with Gasteiger partial charge in [0.15, 0.2) is 11.6 Å². The van der Waals surface area contributed by atoms with Crippen LogP contribution in [0.1, 0.15) is 31.2 Å². The number of nitrogens with two attached hydrogens (primary N) is 1. The van der Waals surface area contributed by atoms with Crippen molar-refractivity contribution in [2.24, 2.45) is 5.73 Å². The average Bonchev–Trinajstić information content (AvgIpc) is 2.81. The fourth-order valence-electron chi connectivity index (χ4n) is 1.60. The van der Waals surface area contributed by atoms with Crippen LogP contribution >= 0.6 is 12.2 Å². The first-order chi connectivity index (χ1) is 8.67. The van der Waals surface area contributed by atoms with E-state index in [4.69, 9.17) is 18.0 Å². The van der Waals surface area contributed by atoms with Gasteiger partial charge in [-0.1, -0.05) is 26.1 Å². The monoisotopic (exact) mass is 262 g/mol. The molecule has 7 heteroatoms. The summed E-state index contributed by atoms with van der Waals surface area (Å²) in [6.45, 7) is 4.01. The van der Waals surface area contributed by atoms with Crippen LogP contribution in [-0.2, 0) is 12.8 Å². The average molecular weight is 262 g/mol. The number of hydrogen-bond donors (Lipinski definition) is 1. The Hall–Kier alpha value is -1.89. The molecule has 94 valence electrons. The second-order valence-electron chi connectivity index (χ2n) is 3.66. The second kappa shape index (κ2) is 5.18. The van der Waals surface area contributed by atoms with Crippen molar-refractivity contribution < 1.29 is 0 Å². The fraction of sp³-hybridized carbons (Fsp3) is 0.364. The Morgan fingerprint density at radius 1 is 1.28 bits per heavy atom. The van der Waals surface area contributed by atoms with Gasteiger partial charge in [0.25, 0.3) is 0 Å². The van der Waals surface area contributed by atoms with Gasteiger partial charge in [-0.15, -0.1) is 5.10 Å². The highest BCUT2D eigenvalue weighted by Gasteiger charge is 2.15. The molecule has 0 bridgehead atoms. The summed E-state index contributed by atoms with van der Waals surface area (Å²) in [6.07, 6.45) is 4.66. The van der Waals surface area contributed by atoms with E-state index in [2.05, 4.69) is 20.1 Å². The molecule has 0 spiro atoms. The molecule has 2 heterocycles. The van der Waals surface area contributed by atoms with E-state index in [0.29, 0.717) is 11.5 Å². The standard InChI is InChI=1S/C11H14N6S/c1-3-7-15-8(4-2)17(16-7)11-9(10(12)18)13-5-6-14-11/h5-6H,3-4H2,1-2H3,(H2,12,18). The van der Waals surface area contributed by atoms with Gasteiger partial charge in [-0.25, -0.2) is 15.0 Å². The minimum Gasteiger partial charge on any atom is -0.388 e. The van der Waals surface area contributed by atoms with E-state index >= 15 is 0 Å². The van der Waals surface area contributed by atoms with Gasteiger partial charge in [0.05, 0.1) is 0 Å². The molecule has 0 aliphatic rings. The van der Waals surface area contributed by atoms with Crippen LogP contribution in [-0.4, -0.2) is 29.7 Å². The minimum atomic E-state index is 0.203. The van der Waals surface area contributed by atoms with E-state index in [1.54, 1.807) is 17.1 Å². The molecule has 2 N–H and O–H groups in total. The van der Waals surface area contributed by atoms with Crippen molar-refractivity contribution in [2.75, 3.05) is 0 Å². The molecular formula is C11H14N6S.